The highest BCUT2D eigenvalue weighted by molar-refractivity contribution is 8.00. The number of hydrogen-bond donors (Lipinski definition) is 0. The number of benzene rings is 1. The molecule has 1 amide bonds. The zero-order valence-corrected chi connectivity index (χ0v) is 17.1. The van der Waals surface area contributed by atoms with Crippen LogP contribution in [0.3, 0.4) is 0 Å². The Labute approximate surface area is 173 Å². The molecular formula is C19H15F3N4OS2. The topological polar surface area (TPSA) is 69.9 Å². The second kappa shape index (κ2) is 8.39. The van der Waals surface area contributed by atoms with Gasteiger partial charge in [0.05, 0.1) is 33.6 Å². The summed E-state index contributed by atoms with van der Waals surface area (Å²) in [6.07, 6.45) is -4.66. The molecule has 150 valence electrons. The smallest absolute Gasteiger partial charge is 0.338 e. The number of nitrogens with zero attached hydrogens (tertiary/aromatic N) is 4. The third-order valence-corrected chi connectivity index (χ3v) is 5.98. The van der Waals surface area contributed by atoms with Gasteiger partial charge in [0.2, 0.25) is 5.91 Å². The van der Waals surface area contributed by atoms with Crippen molar-refractivity contribution >= 4 is 39.2 Å². The second-order valence-corrected chi connectivity index (χ2v) is 8.29. The average Bonchev–Trinajstić information content (AvgIpc) is 3.07. The van der Waals surface area contributed by atoms with E-state index in [1.807, 2.05) is 24.3 Å². The summed E-state index contributed by atoms with van der Waals surface area (Å²) >= 11 is 2.30. The molecule has 0 radical (unpaired) electrons. The van der Waals surface area contributed by atoms with Crippen LogP contribution in [0.4, 0.5) is 13.2 Å². The van der Waals surface area contributed by atoms with Crippen LogP contribution in [0, 0.1) is 18.3 Å². The highest BCUT2D eigenvalue weighted by Gasteiger charge is 2.35. The number of nitriles is 1. The zero-order valence-electron chi connectivity index (χ0n) is 15.4. The number of fused-ring (bicyclic) bond motifs is 1. The lowest BCUT2D eigenvalue weighted by Gasteiger charge is -2.16. The van der Waals surface area contributed by atoms with Crippen molar-refractivity contribution in [3.63, 3.8) is 0 Å². The number of hydrogen-bond acceptors (Lipinski definition) is 6. The van der Waals surface area contributed by atoms with Crippen LogP contribution in [-0.4, -0.2) is 33.6 Å². The summed E-state index contributed by atoms with van der Waals surface area (Å²) in [4.78, 5) is 22.4. The van der Waals surface area contributed by atoms with Gasteiger partial charge in [0.25, 0.3) is 0 Å². The van der Waals surface area contributed by atoms with Crippen molar-refractivity contribution in [1.29, 1.82) is 5.26 Å². The van der Waals surface area contributed by atoms with Crippen LogP contribution in [0.25, 0.3) is 10.2 Å². The Morgan fingerprint density at radius 2 is 2.03 bits per heavy atom. The molecule has 0 saturated heterocycles. The van der Waals surface area contributed by atoms with Crippen LogP contribution in [0.1, 0.15) is 21.8 Å². The van der Waals surface area contributed by atoms with Gasteiger partial charge in [-0.15, -0.1) is 11.3 Å². The SMILES string of the molecule is Cc1cc(C(F)(F)F)c(C#N)c(SCC(=O)N(C)Cc2nc3ccccc3s2)n1. The quantitative estimate of drug-likeness (QED) is 0.545. The van der Waals surface area contributed by atoms with Gasteiger partial charge in [-0.25, -0.2) is 9.97 Å². The number of amides is 1. The number of pyridine rings is 1. The Bertz CT molecular complexity index is 1070. The minimum absolute atomic E-state index is 0.0958. The fourth-order valence-corrected chi connectivity index (χ4v) is 4.61. The summed E-state index contributed by atoms with van der Waals surface area (Å²) in [5, 5.41) is 9.85. The number of halogens is 3. The molecule has 0 aliphatic rings. The first-order chi connectivity index (χ1) is 13.7. The van der Waals surface area contributed by atoms with E-state index in [-0.39, 0.29) is 22.4 Å². The Morgan fingerprint density at radius 1 is 1.31 bits per heavy atom. The molecule has 0 aliphatic heterocycles. The first-order valence-electron chi connectivity index (χ1n) is 8.39. The number of para-hydroxylation sites is 1. The molecule has 10 heteroatoms. The standard InChI is InChI=1S/C19H15F3N4OS2/c1-11-7-13(19(20,21)22)12(8-23)18(24-11)28-10-17(27)26(2)9-16-25-14-5-3-4-6-15(14)29-16/h3-7H,9-10H2,1-2H3. The molecule has 29 heavy (non-hydrogen) atoms. The average molecular weight is 436 g/mol. The molecule has 0 unspecified atom stereocenters. The number of thiazole rings is 1. The van der Waals surface area contributed by atoms with Crippen molar-refractivity contribution in [1.82, 2.24) is 14.9 Å². The molecule has 3 aromatic rings. The summed E-state index contributed by atoms with van der Waals surface area (Å²) in [6, 6.07) is 10.0. The predicted octanol–water partition coefficient (Wildman–Crippen LogP) is 4.64. The number of alkyl halides is 3. The zero-order chi connectivity index (χ0) is 21.2. The van der Waals surface area contributed by atoms with Crippen molar-refractivity contribution in [2.45, 2.75) is 24.7 Å². The van der Waals surface area contributed by atoms with Gasteiger partial charge in [0.15, 0.2) is 0 Å². The molecule has 0 atom stereocenters. The minimum atomic E-state index is -4.66. The maximum absolute atomic E-state index is 13.2. The van der Waals surface area contributed by atoms with Gasteiger partial charge >= 0.3 is 6.18 Å². The van der Waals surface area contributed by atoms with E-state index in [1.165, 1.54) is 23.2 Å². The summed E-state index contributed by atoms with van der Waals surface area (Å²) < 4.78 is 40.6. The Kier molecular flexibility index (Phi) is 6.10. The van der Waals surface area contributed by atoms with E-state index in [9.17, 15) is 23.2 Å². The van der Waals surface area contributed by atoms with Crippen molar-refractivity contribution in [2.75, 3.05) is 12.8 Å². The Balaban J connectivity index is 1.71. The fourth-order valence-electron chi connectivity index (χ4n) is 2.60. The second-order valence-electron chi connectivity index (χ2n) is 6.21. The van der Waals surface area contributed by atoms with Crippen molar-refractivity contribution in [3.8, 4) is 6.07 Å². The van der Waals surface area contributed by atoms with E-state index in [0.717, 1.165) is 33.1 Å². The third-order valence-electron chi connectivity index (χ3n) is 4.00. The molecule has 2 heterocycles. The molecule has 0 spiro atoms. The molecule has 5 nitrogen and oxygen atoms in total. The van der Waals surface area contributed by atoms with Crippen molar-refractivity contribution < 1.29 is 18.0 Å². The maximum atomic E-state index is 13.2. The van der Waals surface area contributed by atoms with E-state index in [2.05, 4.69) is 9.97 Å². The van der Waals surface area contributed by atoms with Crippen LogP contribution in [0.2, 0.25) is 0 Å². The number of aromatic nitrogens is 2. The van der Waals surface area contributed by atoms with Gasteiger partial charge in [-0.2, -0.15) is 18.4 Å². The molecule has 2 aromatic heterocycles. The lowest BCUT2D eigenvalue weighted by molar-refractivity contribution is -0.138. The van der Waals surface area contributed by atoms with Crippen molar-refractivity contribution in [2.24, 2.45) is 0 Å². The Hall–Kier alpha value is -2.64. The molecule has 0 aliphatic carbocycles. The summed E-state index contributed by atoms with van der Waals surface area (Å²) in [5.74, 6) is -0.431. The van der Waals surface area contributed by atoms with Gasteiger partial charge in [-0.05, 0) is 25.1 Å². The van der Waals surface area contributed by atoms with Crippen LogP contribution in [0.15, 0.2) is 35.4 Å². The van der Waals surface area contributed by atoms with Crippen molar-refractivity contribution in [3.05, 3.63) is 52.2 Å². The summed E-state index contributed by atoms with van der Waals surface area (Å²) in [5.41, 5.74) is -0.612. The number of thioether (sulfide) groups is 1. The number of carbonyl (C=O) groups excluding carboxylic acids is 1. The maximum Gasteiger partial charge on any atom is 0.417 e. The lowest BCUT2D eigenvalue weighted by atomic mass is 10.1. The highest BCUT2D eigenvalue weighted by atomic mass is 32.2. The first-order valence-corrected chi connectivity index (χ1v) is 10.2. The van der Waals surface area contributed by atoms with Crippen LogP contribution in [-0.2, 0) is 17.5 Å². The molecule has 3 rings (SSSR count). The van der Waals surface area contributed by atoms with E-state index in [4.69, 9.17) is 0 Å². The molecule has 0 saturated carbocycles. The van der Waals surface area contributed by atoms with Gasteiger partial charge in [0, 0.05) is 12.7 Å². The number of carbonyl (C=O) groups is 1. The lowest BCUT2D eigenvalue weighted by Crippen LogP contribution is -2.27. The molecule has 1 aromatic carbocycles. The van der Waals surface area contributed by atoms with Gasteiger partial charge in [-0.3, -0.25) is 4.79 Å². The minimum Gasteiger partial charge on any atom is -0.338 e. The van der Waals surface area contributed by atoms with Crippen LogP contribution in [0.5, 0.6) is 0 Å². The predicted molar refractivity (Wildman–Crippen MR) is 106 cm³/mol. The Morgan fingerprint density at radius 3 is 2.69 bits per heavy atom. The molecule has 0 N–H and O–H groups in total. The molecular weight excluding hydrogens is 421 g/mol. The van der Waals surface area contributed by atoms with E-state index in [1.54, 1.807) is 13.1 Å². The fraction of sp³-hybridized carbons (Fsp3) is 0.263. The van der Waals surface area contributed by atoms with E-state index < -0.39 is 17.3 Å². The van der Waals surface area contributed by atoms with Gasteiger partial charge in [0.1, 0.15) is 16.1 Å². The summed E-state index contributed by atoms with van der Waals surface area (Å²) in [6.45, 7) is 1.71. The first kappa shape index (κ1) is 21.1. The highest BCUT2D eigenvalue weighted by Crippen LogP contribution is 2.36. The van der Waals surface area contributed by atoms with Gasteiger partial charge < -0.3 is 4.90 Å². The number of rotatable bonds is 5. The summed E-state index contributed by atoms with van der Waals surface area (Å²) in [7, 11) is 1.60. The van der Waals surface area contributed by atoms with E-state index in [0.29, 0.717) is 6.54 Å². The third kappa shape index (κ3) is 4.86. The van der Waals surface area contributed by atoms with Gasteiger partial charge in [-0.1, -0.05) is 23.9 Å². The van der Waals surface area contributed by atoms with Crippen LogP contribution >= 0.6 is 23.1 Å². The normalized spacial score (nSPS) is 11.4. The molecule has 0 bridgehead atoms. The largest absolute Gasteiger partial charge is 0.417 e. The number of aryl methyl sites for hydroxylation is 1. The molecule has 0 fully saturated rings. The monoisotopic (exact) mass is 436 g/mol. The van der Waals surface area contributed by atoms with Crippen LogP contribution < -0.4 is 0 Å². The van der Waals surface area contributed by atoms with E-state index >= 15 is 0 Å².